The van der Waals surface area contributed by atoms with E-state index in [1.54, 1.807) is 18.4 Å². The zero-order valence-electron chi connectivity index (χ0n) is 11.2. The molecule has 102 valence electrons. The number of aromatic nitrogens is 1. The van der Waals surface area contributed by atoms with Crippen LogP contribution in [-0.4, -0.2) is 43.2 Å². The highest BCUT2D eigenvalue weighted by atomic mass is 32.1. The molecule has 0 radical (unpaired) electrons. The minimum atomic E-state index is 0.904. The van der Waals surface area contributed by atoms with Gasteiger partial charge in [-0.3, -0.25) is 4.90 Å². The van der Waals surface area contributed by atoms with Crippen LogP contribution < -0.4 is 10.1 Å². The first kappa shape index (κ1) is 12.8. The molecule has 0 aliphatic carbocycles. The predicted molar refractivity (Wildman–Crippen MR) is 78.9 cm³/mol. The maximum absolute atomic E-state index is 5.26. The van der Waals surface area contributed by atoms with Gasteiger partial charge in [0.15, 0.2) is 0 Å². The first-order valence-electron chi connectivity index (χ1n) is 6.72. The Morgan fingerprint density at radius 1 is 1.37 bits per heavy atom. The number of hydrogen-bond acceptors (Lipinski definition) is 5. The highest BCUT2D eigenvalue weighted by Crippen LogP contribution is 2.27. The summed E-state index contributed by atoms with van der Waals surface area (Å²) in [5, 5.41) is 4.63. The van der Waals surface area contributed by atoms with Gasteiger partial charge < -0.3 is 10.1 Å². The number of thiazole rings is 1. The van der Waals surface area contributed by atoms with E-state index in [9.17, 15) is 0 Å². The van der Waals surface area contributed by atoms with Crippen molar-refractivity contribution in [2.24, 2.45) is 0 Å². The van der Waals surface area contributed by atoms with Crippen molar-refractivity contribution in [3.05, 3.63) is 23.2 Å². The summed E-state index contributed by atoms with van der Waals surface area (Å²) < 4.78 is 6.47. The minimum Gasteiger partial charge on any atom is -0.497 e. The third-order valence-corrected chi connectivity index (χ3v) is 4.43. The van der Waals surface area contributed by atoms with E-state index in [2.05, 4.69) is 16.3 Å². The van der Waals surface area contributed by atoms with Gasteiger partial charge in [-0.05, 0) is 37.7 Å². The molecule has 1 aromatic carbocycles. The molecule has 0 saturated carbocycles. The van der Waals surface area contributed by atoms with Crippen LogP contribution in [0.2, 0.25) is 0 Å². The molecule has 0 atom stereocenters. The number of rotatable bonds is 3. The first-order valence-corrected chi connectivity index (χ1v) is 7.53. The second-order valence-electron chi connectivity index (χ2n) is 4.82. The molecule has 1 fully saturated rings. The maximum Gasteiger partial charge on any atom is 0.120 e. The number of ether oxygens (including phenoxy) is 1. The Labute approximate surface area is 117 Å². The topological polar surface area (TPSA) is 37.4 Å². The fourth-order valence-corrected chi connectivity index (χ4v) is 3.44. The van der Waals surface area contributed by atoms with Crippen molar-refractivity contribution >= 4 is 21.6 Å². The molecule has 0 amide bonds. The Morgan fingerprint density at radius 2 is 2.32 bits per heavy atom. The number of benzene rings is 1. The van der Waals surface area contributed by atoms with Crippen molar-refractivity contribution in [3.8, 4) is 5.75 Å². The summed E-state index contributed by atoms with van der Waals surface area (Å²) in [5.41, 5.74) is 1.08. The molecule has 3 rings (SSSR count). The predicted octanol–water partition coefficient (Wildman–Crippen LogP) is 2.10. The van der Waals surface area contributed by atoms with E-state index in [0.717, 1.165) is 44.0 Å². The van der Waals surface area contributed by atoms with Gasteiger partial charge >= 0.3 is 0 Å². The molecule has 1 aromatic heterocycles. The number of methoxy groups -OCH3 is 1. The van der Waals surface area contributed by atoms with Crippen LogP contribution in [0.4, 0.5) is 0 Å². The molecule has 4 nitrogen and oxygen atoms in total. The number of nitrogens with one attached hydrogen (secondary N) is 1. The van der Waals surface area contributed by atoms with Crippen molar-refractivity contribution in [1.29, 1.82) is 0 Å². The van der Waals surface area contributed by atoms with Crippen molar-refractivity contribution in [1.82, 2.24) is 15.2 Å². The number of nitrogens with zero attached hydrogens (tertiary/aromatic N) is 2. The second-order valence-corrected chi connectivity index (χ2v) is 5.94. The highest BCUT2D eigenvalue weighted by Gasteiger charge is 2.12. The molecule has 19 heavy (non-hydrogen) atoms. The zero-order valence-corrected chi connectivity index (χ0v) is 12.0. The van der Waals surface area contributed by atoms with Gasteiger partial charge in [-0.1, -0.05) is 0 Å². The van der Waals surface area contributed by atoms with Gasteiger partial charge in [0, 0.05) is 13.1 Å². The van der Waals surface area contributed by atoms with Crippen LogP contribution in [0.1, 0.15) is 11.4 Å². The third kappa shape index (κ3) is 3.05. The molecule has 1 saturated heterocycles. The van der Waals surface area contributed by atoms with Crippen molar-refractivity contribution in [2.75, 3.05) is 33.3 Å². The number of fused-ring (bicyclic) bond motifs is 1. The quantitative estimate of drug-likeness (QED) is 0.932. The van der Waals surface area contributed by atoms with Gasteiger partial charge in [-0.25, -0.2) is 4.98 Å². The minimum absolute atomic E-state index is 0.904. The van der Waals surface area contributed by atoms with Gasteiger partial charge in [-0.15, -0.1) is 11.3 Å². The molecular weight excluding hydrogens is 258 g/mol. The standard InChI is InChI=1S/C14H19N3OS/c1-18-11-3-4-12-13(9-11)19-14(16-12)10-17-7-2-5-15-6-8-17/h3-4,9,15H,2,5-8,10H2,1H3. The maximum atomic E-state index is 5.26. The average molecular weight is 277 g/mol. The molecule has 0 spiro atoms. The Bertz CT molecular complexity index is 547. The Hall–Kier alpha value is -1.17. The average Bonchev–Trinajstić information content (AvgIpc) is 2.64. The first-order chi connectivity index (χ1) is 9.35. The van der Waals surface area contributed by atoms with Crippen LogP contribution in [0, 0.1) is 0 Å². The van der Waals surface area contributed by atoms with E-state index in [-0.39, 0.29) is 0 Å². The normalized spacial score (nSPS) is 17.5. The zero-order chi connectivity index (χ0) is 13.1. The third-order valence-electron chi connectivity index (χ3n) is 3.43. The molecular formula is C14H19N3OS. The van der Waals surface area contributed by atoms with E-state index >= 15 is 0 Å². The lowest BCUT2D eigenvalue weighted by Crippen LogP contribution is -2.27. The summed E-state index contributed by atoms with van der Waals surface area (Å²) in [4.78, 5) is 7.19. The number of hydrogen-bond donors (Lipinski definition) is 1. The molecule has 2 heterocycles. The molecule has 0 bridgehead atoms. The molecule has 1 aliphatic rings. The van der Waals surface area contributed by atoms with E-state index in [1.807, 2.05) is 12.1 Å². The monoisotopic (exact) mass is 277 g/mol. The van der Waals surface area contributed by atoms with Crippen LogP contribution in [0.3, 0.4) is 0 Å². The largest absolute Gasteiger partial charge is 0.497 e. The lowest BCUT2D eigenvalue weighted by molar-refractivity contribution is 0.284. The van der Waals surface area contributed by atoms with Crippen molar-refractivity contribution in [3.63, 3.8) is 0 Å². The van der Waals surface area contributed by atoms with E-state index in [0.29, 0.717) is 0 Å². The Morgan fingerprint density at radius 3 is 3.21 bits per heavy atom. The van der Waals surface area contributed by atoms with Crippen LogP contribution in [0.25, 0.3) is 10.2 Å². The van der Waals surface area contributed by atoms with Gasteiger partial charge in [-0.2, -0.15) is 0 Å². The van der Waals surface area contributed by atoms with E-state index in [1.165, 1.54) is 16.1 Å². The lowest BCUT2D eigenvalue weighted by Gasteiger charge is -2.17. The summed E-state index contributed by atoms with van der Waals surface area (Å²) in [7, 11) is 1.70. The van der Waals surface area contributed by atoms with Gasteiger partial charge in [0.1, 0.15) is 10.8 Å². The Kier molecular flexibility index (Phi) is 3.96. The molecule has 2 aromatic rings. The van der Waals surface area contributed by atoms with Crippen molar-refractivity contribution < 1.29 is 4.74 Å². The fourth-order valence-electron chi connectivity index (χ4n) is 2.40. The molecule has 5 heteroatoms. The molecule has 0 unspecified atom stereocenters. The molecule has 1 N–H and O–H groups in total. The smallest absolute Gasteiger partial charge is 0.120 e. The summed E-state index contributed by atoms with van der Waals surface area (Å²) in [5.74, 6) is 0.904. The van der Waals surface area contributed by atoms with Gasteiger partial charge in [0.2, 0.25) is 0 Å². The van der Waals surface area contributed by atoms with E-state index in [4.69, 9.17) is 9.72 Å². The summed E-state index contributed by atoms with van der Waals surface area (Å²) >= 11 is 1.77. The van der Waals surface area contributed by atoms with Crippen LogP contribution in [0.5, 0.6) is 5.75 Å². The highest BCUT2D eigenvalue weighted by molar-refractivity contribution is 7.18. The fraction of sp³-hybridized carbons (Fsp3) is 0.500. The summed E-state index contributed by atoms with van der Waals surface area (Å²) in [6, 6.07) is 6.08. The van der Waals surface area contributed by atoms with Gasteiger partial charge in [0.25, 0.3) is 0 Å². The lowest BCUT2D eigenvalue weighted by atomic mass is 10.3. The van der Waals surface area contributed by atoms with E-state index < -0.39 is 0 Å². The molecule has 1 aliphatic heterocycles. The van der Waals surface area contributed by atoms with Crippen LogP contribution in [-0.2, 0) is 6.54 Å². The van der Waals surface area contributed by atoms with Gasteiger partial charge in [0.05, 0.1) is 23.9 Å². The summed E-state index contributed by atoms with van der Waals surface area (Å²) in [6.07, 6.45) is 1.22. The Balaban J connectivity index is 1.76. The second kappa shape index (κ2) is 5.86. The SMILES string of the molecule is COc1ccc2nc(CN3CCCNCC3)sc2c1. The van der Waals surface area contributed by atoms with Crippen molar-refractivity contribution in [2.45, 2.75) is 13.0 Å². The van der Waals surface area contributed by atoms with Crippen LogP contribution in [0.15, 0.2) is 18.2 Å². The van der Waals surface area contributed by atoms with Crippen LogP contribution >= 0.6 is 11.3 Å². The summed E-state index contributed by atoms with van der Waals surface area (Å²) in [6.45, 7) is 5.45.